The Morgan fingerprint density at radius 2 is 1.88 bits per heavy atom. The number of aryl methyl sites for hydroxylation is 2. The van der Waals surface area contributed by atoms with Gasteiger partial charge in [0, 0.05) is 29.3 Å². The molecule has 2 aromatic heterocycles. The molecule has 0 unspecified atom stereocenters. The van der Waals surface area contributed by atoms with Crippen LogP contribution in [0.4, 0.5) is 0 Å². The second-order valence-corrected chi connectivity index (χ2v) is 5.92. The summed E-state index contributed by atoms with van der Waals surface area (Å²) < 4.78 is 11.4. The van der Waals surface area contributed by atoms with Crippen molar-refractivity contribution in [3.63, 3.8) is 0 Å². The number of esters is 1. The first-order valence-electron chi connectivity index (χ1n) is 7.83. The van der Waals surface area contributed by atoms with E-state index in [1.165, 1.54) is 12.3 Å². The van der Waals surface area contributed by atoms with Gasteiger partial charge in [0.05, 0.1) is 0 Å². The summed E-state index contributed by atoms with van der Waals surface area (Å²) >= 11 is 0. The number of nitrogens with zero attached hydrogens (tertiary/aromatic N) is 1. The van der Waals surface area contributed by atoms with E-state index in [0.29, 0.717) is 16.5 Å². The van der Waals surface area contributed by atoms with Gasteiger partial charge < -0.3 is 9.15 Å². The van der Waals surface area contributed by atoms with Crippen LogP contribution in [0.3, 0.4) is 0 Å². The molecule has 0 bridgehead atoms. The SMILES string of the molecule is Cc1cc2oc(=O)cc(COC(=O)Cn3ccc(=O)[nH]c3=O)c2cc1C. The van der Waals surface area contributed by atoms with Crippen molar-refractivity contribution in [3.05, 3.63) is 78.4 Å². The standard InChI is InChI=1S/C18H16N2O6/c1-10-5-13-12(7-16(22)26-14(13)6-11(10)2)9-25-17(23)8-20-4-3-15(21)19-18(20)24/h3-7H,8-9H2,1-2H3,(H,19,21,24). The number of ether oxygens (including phenoxy) is 1. The number of hydrogen-bond donors (Lipinski definition) is 1. The molecule has 0 aliphatic carbocycles. The average Bonchev–Trinajstić information content (AvgIpc) is 2.57. The molecule has 0 aliphatic rings. The fourth-order valence-electron chi connectivity index (χ4n) is 2.51. The Bertz CT molecular complexity index is 1170. The number of aromatic nitrogens is 2. The third-order valence-corrected chi connectivity index (χ3v) is 4.03. The predicted molar refractivity (Wildman–Crippen MR) is 93.1 cm³/mol. The van der Waals surface area contributed by atoms with E-state index >= 15 is 0 Å². The molecule has 8 nitrogen and oxygen atoms in total. The Morgan fingerprint density at radius 1 is 1.15 bits per heavy atom. The van der Waals surface area contributed by atoms with Crippen molar-refractivity contribution in [1.29, 1.82) is 0 Å². The number of fused-ring (bicyclic) bond motifs is 1. The van der Waals surface area contributed by atoms with E-state index in [4.69, 9.17) is 9.15 Å². The van der Waals surface area contributed by atoms with Gasteiger partial charge >= 0.3 is 17.3 Å². The molecule has 0 atom stereocenters. The zero-order valence-electron chi connectivity index (χ0n) is 14.2. The summed E-state index contributed by atoms with van der Waals surface area (Å²) in [6.07, 6.45) is 1.21. The Hall–Kier alpha value is -3.42. The summed E-state index contributed by atoms with van der Waals surface area (Å²) in [5, 5.41) is 0.682. The van der Waals surface area contributed by atoms with E-state index in [1.807, 2.05) is 19.9 Å². The van der Waals surface area contributed by atoms with E-state index < -0.39 is 22.8 Å². The number of carbonyl (C=O) groups excluding carboxylic acids is 1. The summed E-state index contributed by atoms with van der Waals surface area (Å²) in [4.78, 5) is 48.4. The number of carbonyl (C=O) groups is 1. The van der Waals surface area contributed by atoms with E-state index in [2.05, 4.69) is 4.98 Å². The lowest BCUT2D eigenvalue weighted by atomic mass is 10.0. The van der Waals surface area contributed by atoms with Crippen molar-refractivity contribution in [2.45, 2.75) is 27.0 Å². The van der Waals surface area contributed by atoms with Crippen LogP contribution in [0.15, 0.2) is 49.3 Å². The molecule has 0 saturated heterocycles. The number of nitrogens with one attached hydrogen (secondary N) is 1. The molecule has 3 rings (SSSR count). The zero-order chi connectivity index (χ0) is 18.8. The molecule has 0 amide bonds. The zero-order valence-corrected chi connectivity index (χ0v) is 14.2. The van der Waals surface area contributed by atoms with Gasteiger partial charge in [0.15, 0.2) is 0 Å². The summed E-state index contributed by atoms with van der Waals surface area (Å²) in [5.74, 6) is -0.677. The molecular formula is C18H16N2O6. The summed E-state index contributed by atoms with van der Waals surface area (Å²) in [7, 11) is 0. The van der Waals surface area contributed by atoms with Gasteiger partial charge in [-0.25, -0.2) is 9.59 Å². The van der Waals surface area contributed by atoms with E-state index in [-0.39, 0.29) is 13.2 Å². The number of benzene rings is 1. The van der Waals surface area contributed by atoms with Crippen LogP contribution in [0.25, 0.3) is 11.0 Å². The van der Waals surface area contributed by atoms with Crippen molar-refractivity contribution in [1.82, 2.24) is 9.55 Å². The maximum absolute atomic E-state index is 12.0. The Balaban J connectivity index is 1.82. The molecule has 3 aromatic rings. The molecule has 0 fully saturated rings. The van der Waals surface area contributed by atoms with E-state index in [9.17, 15) is 19.2 Å². The van der Waals surface area contributed by atoms with Crippen LogP contribution in [0, 0.1) is 13.8 Å². The Labute approximate surface area is 146 Å². The first-order chi connectivity index (χ1) is 12.3. The van der Waals surface area contributed by atoms with Gasteiger partial charge in [-0.3, -0.25) is 19.1 Å². The maximum Gasteiger partial charge on any atom is 0.336 e. The predicted octanol–water partition coefficient (Wildman–Crippen LogP) is 1.00. The van der Waals surface area contributed by atoms with Crippen LogP contribution in [-0.2, 0) is 22.7 Å². The van der Waals surface area contributed by atoms with E-state index in [0.717, 1.165) is 21.8 Å². The second-order valence-electron chi connectivity index (χ2n) is 5.92. The molecule has 26 heavy (non-hydrogen) atoms. The highest BCUT2D eigenvalue weighted by Crippen LogP contribution is 2.22. The number of H-pyrrole nitrogens is 1. The molecule has 0 radical (unpaired) electrons. The van der Waals surface area contributed by atoms with Crippen LogP contribution in [0.2, 0.25) is 0 Å². The molecule has 0 aliphatic heterocycles. The first-order valence-corrected chi connectivity index (χ1v) is 7.83. The minimum Gasteiger partial charge on any atom is -0.459 e. The fourth-order valence-corrected chi connectivity index (χ4v) is 2.51. The normalized spacial score (nSPS) is 10.8. The smallest absolute Gasteiger partial charge is 0.336 e. The minimum atomic E-state index is -0.702. The van der Waals surface area contributed by atoms with Crippen LogP contribution in [-0.4, -0.2) is 15.5 Å². The van der Waals surface area contributed by atoms with Crippen LogP contribution in [0.1, 0.15) is 16.7 Å². The number of hydrogen-bond acceptors (Lipinski definition) is 6. The molecule has 1 aromatic carbocycles. The van der Waals surface area contributed by atoms with Gasteiger partial charge in [0.2, 0.25) is 0 Å². The Morgan fingerprint density at radius 3 is 2.62 bits per heavy atom. The van der Waals surface area contributed by atoms with Gasteiger partial charge in [-0.1, -0.05) is 0 Å². The van der Waals surface area contributed by atoms with Crippen molar-refractivity contribution < 1.29 is 13.9 Å². The third kappa shape index (κ3) is 3.64. The largest absolute Gasteiger partial charge is 0.459 e. The van der Waals surface area contributed by atoms with Gasteiger partial charge in [-0.2, -0.15) is 0 Å². The average molecular weight is 356 g/mol. The van der Waals surface area contributed by atoms with Gasteiger partial charge in [-0.05, 0) is 37.1 Å². The fraction of sp³-hybridized carbons (Fsp3) is 0.222. The lowest BCUT2D eigenvalue weighted by molar-refractivity contribution is -0.145. The summed E-state index contributed by atoms with van der Waals surface area (Å²) in [5.41, 5.74) is 1.14. The molecule has 8 heteroatoms. The van der Waals surface area contributed by atoms with Crippen molar-refractivity contribution in [3.8, 4) is 0 Å². The van der Waals surface area contributed by atoms with Crippen LogP contribution >= 0.6 is 0 Å². The topological polar surface area (TPSA) is 111 Å². The lowest BCUT2D eigenvalue weighted by Gasteiger charge is -2.09. The molecule has 134 valence electrons. The quantitative estimate of drug-likeness (QED) is 0.551. The summed E-state index contributed by atoms with van der Waals surface area (Å²) in [6.45, 7) is 3.34. The second kappa shape index (κ2) is 6.83. The maximum atomic E-state index is 12.0. The number of rotatable bonds is 4. The monoisotopic (exact) mass is 356 g/mol. The molecule has 1 N–H and O–H groups in total. The van der Waals surface area contributed by atoms with Gasteiger partial charge in [0.25, 0.3) is 5.56 Å². The minimum absolute atomic E-state index is 0.137. The van der Waals surface area contributed by atoms with Crippen LogP contribution < -0.4 is 16.9 Å². The number of aromatic amines is 1. The first kappa shape index (κ1) is 17.4. The van der Waals surface area contributed by atoms with Gasteiger partial charge in [-0.15, -0.1) is 0 Å². The summed E-state index contributed by atoms with van der Waals surface area (Å²) in [6, 6.07) is 6.03. The molecule has 0 spiro atoms. The highest BCUT2D eigenvalue weighted by atomic mass is 16.5. The van der Waals surface area contributed by atoms with Gasteiger partial charge in [0.1, 0.15) is 18.7 Å². The van der Waals surface area contributed by atoms with E-state index in [1.54, 1.807) is 6.07 Å². The highest BCUT2D eigenvalue weighted by molar-refractivity contribution is 5.82. The lowest BCUT2D eigenvalue weighted by Crippen LogP contribution is -2.31. The molecule has 2 heterocycles. The third-order valence-electron chi connectivity index (χ3n) is 4.03. The molecule has 0 saturated carbocycles. The van der Waals surface area contributed by atoms with Crippen LogP contribution in [0.5, 0.6) is 0 Å². The Kier molecular flexibility index (Phi) is 4.57. The van der Waals surface area contributed by atoms with Crippen molar-refractivity contribution >= 4 is 16.9 Å². The molecular weight excluding hydrogens is 340 g/mol. The highest BCUT2D eigenvalue weighted by Gasteiger charge is 2.11. The van der Waals surface area contributed by atoms with Crippen molar-refractivity contribution in [2.24, 2.45) is 0 Å². The van der Waals surface area contributed by atoms with Crippen molar-refractivity contribution in [2.75, 3.05) is 0 Å².